The minimum atomic E-state index is -0.788. The summed E-state index contributed by atoms with van der Waals surface area (Å²) in [5, 5.41) is 2.16. The van der Waals surface area contributed by atoms with Crippen LogP contribution in [0.1, 0.15) is 55.8 Å². The normalized spacial score (nSPS) is 22.7. The van der Waals surface area contributed by atoms with Crippen LogP contribution >= 0.6 is 11.8 Å². The number of ketones is 1. The molecule has 0 spiro atoms. The first-order valence-electron chi connectivity index (χ1n) is 11.8. The zero-order chi connectivity index (χ0) is 24.2. The molecule has 1 N–H and O–H groups in total. The third-order valence-electron chi connectivity index (χ3n) is 6.67. The number of Topliss-reactive ketones (excluding diaryl/α,β-unsaturated/α-hetero) is 1. The van der Waals surface area contributed by atoms with E-state index in [9.17, 15) is 19.2 Å². The van der Waals surface area contributed by atoms with Crippen molar-refractivity contribution < 1.29 is 19.2 Å². The standard InChI is InChI=1S/C27H30N2O4S/c1-17(30)23-13-8-14-24-21-12-7-6-11-20(21)16-22(27(33)29(23)24)28-26(32)25(34-18(2)31)15-19-9-4-3-5-10-19/h3-7,9-12,22-25H,8,13-16H2,1-2H3,(H,28,32)/t22-,23-,24+,25-/m0/s1. The molecule has 4 atom stereocenters. The molecule has 2 heterocycles. The van der Waals surface area contributed by atoms with Crippen molar-refractivity contribution in [2.75, 3.05) is 0 Å². The molecule has 6 nitrogen and oxygen atoms in total. The van der Waals surface area contributed by atoms with E-state index in [0.717, 1.165) is 41.3 Å². The maximum Gasteiger partial charge on any atom is 0.246 e. The molecule has 7 heteroatoms. The molecule has 0 saturated carbocycles. The molecule has 2 amide bonds. The van der Waals surface area contributed by atoms with E-state index in [4.69, 9.17) is 0 Å². The fraction of sp³-hybridized carbons (Fsp3) is 0.407. The van der Waals surface area contributed by atoms with Crippen LogP contribution in [-0.4, -0.2) is 44.9 Å². The number of hydrogen-bond acceptors (Lipinski definition) is 5. The second-order valence-electron chi connectivity index (χ2n) is 9.07. The first kappa shape index (κ1) is 24.2. The summed E-state index contributed by atoms with van der Waals surface area (Å²) in [6.07, 6.45) is 3.05. The third-order valence-corrected chi connectivity index (χ3v) is 7.66. The van der Waals surface area contributed by atoms with Gasteiger partial charge in [0.1, 0.15) is 6.04 Å². The second-order valence-corrected chi connectivity index (χ2v) is 10.5. The quantitative estimate of drug-likeness (QED) is 0.686. The Morgan fingerprint density at radius 2 is 1.74 bits per heavy atom. The Labute approximate surface area is 204 Å². The first-order chi connectivity index (χ1) is 16.3. The lowest BCUT2D eigenvalue weighted by Crippen LogP contribution is -2.56. The van der Waals surface area contributed by atoms with Gasteiger partial charge < -0.3 is 10.2 Å². The van der Waals surface area contributed by atoms with Gasteiger partial charge in [-0.05, 0) is 49.3 Å². The summed E-state index contributed by atoms with van der Waals surface area (Å²) in [6.45, 7) is 2.98. The highest BCUT2D eigenvalue weighted by atomic mass is 32.2. The van der Waals surface area contributed by atoms with Gasteiger partial charge in [0.05, 0.1) is 17.3 Å². The maximum absolute atomic E-state index is 13.8. The summed E-state index contributed by atoms with van der Waals surface area (Å²) >= 11 is 0.981. The smallest absolute Gasteiger partial charge is 0.246 e. The number of hydrogen-bond donors (Lipinski definition) is 1. The molecule has 0 bridgehead atoms. The van der Waals surface area contributed by atoms with E-state index in [1.165, 1.54) is 13.8 Å². The second kappa shape index (κ2) is 10.6. The van der Waals surface area contributed by atoms with Crippen LogP contribution < -0.4 is 5.32 Å². The van der Waals surface area contributed by atoms with Gasteiger partial charge in [-0.2, -0.15) is 0 Å². The zero-order valence-electron chi connectivity index (χ0n) is 19.5. The number of nitrogens with zero attached hydrogens (tertiary/aromatic N) is 1. The number of amides is 2. The number of piperidine rings is 1. The fourth-order valence-electron chi connectivity index (χ4n) is 5.14. The van der Waals surface area contributed by atoms with E-state index in [1.807, 2.05) is 54.6 Å². The molecule has 0 unspecified atom stereocenters. The minimum Gasteiger partial charge on any atom is -0.343 e. The Bertz CT molecular complexity index is 1090. The van der Waals surface area contributed by atoms with Crippen LogP contribution in [0.4, 0.5) is 0 Å². The Morgan fingerprint density at radius 1 is 1.03 bits per heavy atom. The highest BCUT2D eigenvalue weighted by molar-refractivity contribution is 8.14. The molecule has 2 aromatic carbocycles. The molecule has 2 aliphatic rings. The number of thioether (sulfide) groups is 1. The predicted molar refractivity (Wildman–Crippen MR) is 132 cm³/mol. The van der Waals surface area contributed by atoms with Crippen molar-refractivity contribution in [1.29, 1.82) is 0 Å². The van der Waals surface area contributed by atoms with Gasteiger partial charge in [0.25, 0.3) is 0 Å². The highest BCUT2D eigenvalue weighted by Gasteiger charge is 2.43. The van der Waals surface area contributed by atoms with Crippen LogP contribution in [0.25, 0.3) is 0 Å². The monoisotopic (exact) mass is 478 g/mol. The SMILES string of the molecule is CC(=O)S[C@@H](Cc1ccccc1)C(=O)N[C@H]1Cc2ccccc2[C@H]2CCC[C@@H](C(C)=O)N2C1=O. The van der Waals surface area contributed by atoms with Crippen molar-refractivity contribution in [3.63, 3.8) is 0 Å². The number of carbonyl (C=O) groups is 4. The van der Waals surface area contributed by atoms with Crippen LogP contribution in [0.15, 0.2) is 54.6 Å². The van der Waals surface area contributed by atoms with Crippen LogP contribution in [0.2, 0.25) is 0 Å². The lowest BCUT2D eigenvalue weighted by molar-refractivity contribution is -0.146. The molecular formula is C27H30N2O4S. The van der Waals surface area contributed by atoms with E-state index in [0.29, 0.717) is 19.3 Å². The predicted octanol–water partition coefficient (Wildman–Crippen LogP) is 3.63. The third kappa shape index (κ3) is 5.25. The number of fused-ring (bicyclic) bond motifs is 3. The van der Waals surface area contributed by atoms with Gasteiger partial charge in [-0.1, -0.05) is 66.4 Å². The van der Waals surface area contributed by atoms with Crippen molar-refractivity contribution in [3.8, 4) is 0 Å². The van der Waals surface area contributed by atoms with Gasteiger partial charge in [-0.15, -0.1) is 0 Å². The van der Waals surface area contributed by atoms with Gasteiger partial charge in [0, 0.05) is 13.3 Å². The summed E-state index contributed by atoms with van der Waals surface area (Å²) in [5.41, 5.74) is 3.01. The molecule has 4 rings (SSSR count). The van der Waals surface area contributed by atoms with Gasteiger partial charge in [0.15, 0.2) is 10.9 Å². The summed E-state index contributed by atoms with van der Waals surface area (Å²) in [4.78, 5) is 53.2. The van der Waals surface area contributed by atoms with Gasteiger partial charge in [-0.3, -0.25) is 19.2 Å². The van der Waals surface area contributed by atoms with Crippen LogP contribution in [0, 0.1) is 0 Å². The number of carbonyl (C=O) groups excluding carboxylic acids is 4. The molecule has 0 aliphatic carbocycles. The molecular weight excluding hydrogens is 448 g/mol. The van der Waals surface area contributed by atoms with Gasteiger partial charge in [-0.25, -0.2) is 0 Å². The Hall–Kier alpha value is -2.93. The van der Waals surface area contributed by atoms with Crippen molar-refractivity contribution in [2.24, 2.45) is 0 Å². The number of benzene rings is 2. The summed E-state index contributed by atoms with van der Waals surface area (Å²) in [6, 6.07) is 16.0. The molecule has 0 radical (unpaired) electrons. The fourth-order valence-corrected chi connectivity index (χ4v) is 5.99. The van der Waals surface area contributed by atoms with Crippen LogP contribution in [0.3, 0.4) is 0 Å². The van der Waals surface area contributed by atoms with E-state index in [1.54, 1.807) is 4.90 Å². The van der Waals surface area contributed by atoms with E-state index < -0.39 is 17.3 Å². The Morgan fingerprint density at radius 3 is 2.44 bits per heavy atom. The minimum absolute atomic E-state index is 0.0309. The summed E-state index contributed by atoms with van der Waals surface area (Å²) in [7, 11) is 0. The van der Waals surface area contributed by atoms with Crippen molar-refractivity contribution in [2.45, 2.75) is 69.3 Å². The molecule has 34 heavy (non-hydrogen) atoms. The molecule has 2 aromatic rings. The first-order valence-corrected chi connectivity index (χ1v) is 12.6. The zero-order valence-corrected chi connectivity index (χ0v) is 20.3. The average molecular weight is 479 g/mol. The molecule has 178 valence electrons. The van der Waals surface area contributed by atoms with E-state index in [-0.39, 0.29) is 28.8 Å². The lowest BCUT2D eigenvalue weighted by Gasteiger charge is -2.41. The van der Waals surface area contributed by atoms with Gasteiger partial charge in [0.2, 0.25) is 11.8 Å². The average Bonchev–Trinajstić information content (AvgIpc) is 2.94. The van der Waals surface area contributed by atoms with Crippen molar-refractivity contribution in [1.82, 2.24) is 10.2 Å². The molecule has 2 aliphatic heterocycles. The number of rotatable bonds is 6. The summed E-state index contributed by atoms with van der Waals surface area (Å²) < 4.78 is 0. The Balaban J connectivity index is 1.63. The van der Waals surface area contributed by atoms with E-state index in [2.05, 4.69) is 5.32 Å². The number of nitrogens with one attached hydrogen (secondary N) is 1. The molecule has 1 saturated heterocycles. The van der Waals surface area contributed by atoms with Crippen LogP contribution in [-0.2, 0) is 32.0 Å². The molecule has 1 fully saturated rings. The topological polar surface area (TPSA) is 83.6 Å². The molecule has 0 aromatic heterocycles. The van der Waals surface area contributed by atoms with Crippen molar-refractivity contribution >= 4 is 34.5 Å². The van der Waals surface area contributed by atoms with Crippen LogP contribution in [0.5, 0.6) is 0 Å². The summed E-state index contributed by atoms with van der Waals surface area (Å²) in [5.74, 6) is -0.591. The Kier molecular flexibility index (Phi) is 7.51. The van der Waals surface area contributed by atoms with E-state index >= 15 is 0 Å². The maximum atomic E-state index is 13.8. The lowest BCUT2D eigenvalue weighted by atomic mass is 9.88. The largest absolute Gasteiger partial charge is 0.343 e. The van der Waals surface area contributed by atoms with Crippen molar-refractivity contribution in [3.05, 3.63) is 71.3 Å². The highest BCUT2D eigenvalue weighted by Crippen LogP contribution is 2.39. The van der Waals surface area contributed by atoms with Gasteiger partial charge >= 0.3 is 0 Å².